The van der Waals surface area contributed by atoms with Crippen LogP contribution in [0.15, 0.2) is 65.1 Å². The Morgan fingerprint density at radius 2 is 1.97 bits per heavy atom. The van der Waals surface area contributed by atoms with E-state index in [0.717, 1.165) is 46.6 Å². The summed E-state index contributed by atoms with van der Waals surface area (Å²) < 4.78 is 11.9. The van der Waals surface area contributed by atoms with Gasteiger partial charge in [0, 0.05) is 12.0 Å². The number of nitrogens with zero attached hydrogens (tertiary/aromatic N) is 1. The van der Waals surface area contributed by atoms with E-state index in [1.807, 2.05) is 43.3 Å². The number of aromatic nitrogens is 1. The van der Waals surface area contributed by atoms with Gasteiger partial charge in [-0.25, -0.2) is 4.98 Å². The molecule has 5 rings (SSSR count). The molecule has 0 bridgehead atoms. The smallest absolute Gasteiger partial charge is 0.303 e. The highest BCUT2D eigenvalue weighted by atomic mass is 16.5. The van der Waals surface area contributed by atoms with Crippen LogP contribution in [0.3, 0.4) is 0 Å². The van der Waals surface area contributed by atoms with Crippen molar-refractivity contribution in [3.63, 3.8) is 0 Å². The van der Waals surface area contributed by atoms with Crippen LogP contribution in [0.5, 0.6) is 5.75 Å². The van der Waals surface area contributed by atoms with Gasteiger partial charge in [0.25, 0.3) is 0 Å². The second kappa shape index (κ2) is 8.50. The molecule has 1 aliphatic rings. The summed E-state index contributed by atoms with van der Waals surface area (Å²) in [5.74, 6) is 1.63. The minimum Gasteiger partial charge on any atom is -0.493 e. The lowest BCUT2D eigenvalue weighted by molar-refractivity contribution is -0.137. The van der Waals surface area contributed by atoms with Crippen LogP contribution in [0.2, 0.25) is 0 Å². The lowest BCUT2D eigenvalue weighted by Gasteiger charge is -2.10. The molecule has 1 aromatic heterocycles. The number of aliphatic carboxylic acids is 1. The fraction of sp³-hybridized carbons (Fsp3) is 0.259. The summed E-state index contributed by atoms with van der Waals surface area (Å²) in [7, 11) is 0. The fourth-order valence-corrected chi connectivity index (χ4v) is 4.57. The Balaban J connectivity index is 1.24. The third kappa shape index (κ3) is 4.11. The molecule has 0 unspecified atom stereocenters. The van der Waals surface area contributed by atoms with E-state index in [1.54, 1.807) is 0 Å². The van der Waals surface area contributed by atoms with Crippen LogP contribution in [0.25, 0.3) is 22.2 Å². The van der Waals surface area contributed by atoms with Crippen molar-refractivity contribution in [3.05, 3.63) is 83.2 Å². The molecule has 4 aromatic rings. The van der Waals surface area contributed by atoms with E-state index in [9.17, 15) is 4.79 Å². The molecule has 3 aromatic carbocycles. The zero-order chi connectivity index (χ0) is 22.1. The molecule has 1 heterocycles. The lowest BCUT2D eigenvalue weighted by atomic mass is 9.98. The normalized spacial score (nSPS) is 15.1. The van der Waals surface area contributed by atoms with Gasteiger partial charge in [0.1, 0.15) is 11.5 Å². The first-order valence-corrected chi connectivity index (χ1v) is 11.0. The number of oxazole rings is 1. The summed E-state index contributed by atoms with van der Waals surface area (Å²) in [5, 5.41) is 11.4. The first kappa shape index (κ1) is 20.3. The van der Waals surface area contributed by atoms with Gasteiger partial charge in [-0.3, -0.25) is 4.79 Å². The summed E-state index contributed by atoms with van der Waals surface area (Å²) in [5.41, 5.74) is 4.21. The fourth-order valence-electron chi connectivity index (χ4n) is 4.57. The van der Waals surface area contributed by atoms with E-state index in [4.69, 9.17) is 19.2 Å². The molecule has 1 atom stereocenters. The molecule has 1 aliphatic carbocycles. The summed E-state index contributed by atoms with van der Waals surface area (Å²) >= 11 is 0. The molecule has 162 valence electrons. The number of hydrogen-bond donors (Lipinski definition) is 1. The largest absolute Gasteiger partial charge is 0.493 e. The Labute approximate surface area is 186 Å². The summed E-state index contributed by atoms with van der Waals surface area (Å²) in [4.78, 5) is 15.8. The third-order valence-corrected chi connectivity index (χ3v) is 6.23. The SMILES string of the molecule is Cc1oc(-c2ccc3ccccc3c2)nc1CCOc1ccc2c(c1)CC[C@@H]2CC(=O)O. The average Bonchev–Trinajstić information content (AvgIpc) is 3.36. The van der Waals surface area contributed by atoms with E-state index in [2.05, 4.69) is 24.3 Å². The second-order valence-corrected chi connectivity index (χ2v) is 8.38. The van der Waals surface area contributed by atoms with Gasteiger partial charge in [-0.15, -0.1) is 0 Å². The Bertz CT molecular complexity index is 1290. The van der Waals surface area contributed by atoms with Crippen molar-refractivity contribution in [2.24, 2.45) is 0 Å². The standard InChI is InChI=1S/C27H25NO4/c1-17-25(28-27(32-17)22-9-6-18-4-2-3-5-19(18)14-22)12-13-31-23-10-11-24-20(15-23)7-8-21(24)16-26(29)30/h2-6,9-11,14-15,21H,7-8,12-13,16H2,1H3,(H,29,30)/t21-/m1/s1. The summed E-state index contributed by atoms with van der Waals surface area (Å²) in [6.45, 7) is 2.44. The molecule has 0 saturated heterocycles. The first-order valence-electron chi connectivity index (χ1n) is 11.0. The van der Waals surface area contributed by atoms with Crippen molar-refractivity contribution >= 4 is 16.7 Å². The van der Waals surface area contributed by atoms with Crippen LogP contribution in [0.4, 0.5) is 0 Å². The molecule has 32 heavy (non-hydrogen) atoms. The number of benzene rings is 3. The Morgan fingerprint density at radius 1 is 1.12 bits per heavy atom. The molecule has 5 nitrogen and oxygen atoms in total. The lowest BCUT2D eigenvalue weighted by Crippen LogP contribution is -2.04. The molecule has 0 aliphatic heterocycles. The van der Waals surface area contributed by atoms with Crippen molar-refractivity contribution in [2.75, 3.05) is 6.61 Å². The number of ether oxygens (including phenoxy) is 1. The monoisotopic (exact) mass is 427 g/mol. The number of hydrogen-bond acceptors (Lipinski definition) is 4. The first-order chi connectivity index (χ1) is 15.6. The van der Waals surface area contributed by atoms with Crippen LogP contribution < -0.4 is 4.74 Å². The van der Waals surface area contributed by atoms with E-state index in [1.165, 1.54) is 10.9 Å². The number of carbonyl (C=O) groups is 1. The van der Waals surface area contributed by atoms with Gasteiger partial charge in [-0.2, -0.15) is 0 Å². The molecule has 0 radical (unpaired) electrons. The minimum absolute atomic E-state index is 0.114. The molecular weight excluding hydrogens is 402 g/mol. The van der Waals surface area contributed by atoms with Gasteiger partial charge in [0.15, 0.2) is 0 Å². The molecule has 0 fully saturated rings. The van der Waals surface area contributed by atoms with Crippen LogP contribution in [-0.4, -0.2) is 22.7 Å². The van der Waals surface area contributed by atoms with E-state index in [0.29, 0.717) is 18.9 Å². The highest BCUT2D eigenvalue weighted by molar-refractivity contribution is 5.86. The van der Waals surface area contributed by atoms with Gasteiger partial charge in [0.05, 0.1) is 18.7 Å². The minimum atomic E-state index is -0.741. The van der Waals surface area contributed by atoms with Gasteiger partial charge in [0.2, 0.25) is 5.89 Å². The number of aryl methyl sites for hydroxylation is 2. The van der Waals surface area contributed by atoms with E-state index >= 15 is 0 Å². The predicted molar refractivity (Wildman–Crippen MR) is 123 cm³/mol. The summed E-state index contributed by atoms with van der Waals surface area (Å²) in [6.07, 6.45) is 2.64. The molecule has 1 N–H and O–H groups in total. The predicted octanol–water partition coefficient (Wildman–Crippen LogP) is 5.93. The molecule has 0 spiro atoms. The van der Waals surface area contributed by atoms with Crippen molar-refractivity contribution in [1.82, 2.24) is 4.98 Å². The maximum atomic E-state index is 11.0. The van der Waals surface area contributed by atoms with Crippen LogP contribution in [0, 0.1) is 6.92 Å². The van der Waals surface area contributed by atoms with Gasteiger partial charge >= 0.3 is 5.97 Å². The average molecular weight is 428 g/mol. The number of carboxylic acid groups (broad SMARTS) is 1. The molecule has 0 amide bonds. The van der Waals surface area contributed by atoms with Crippen LogP contribution >= 0.6 is 0 Å². The zero-order valence-corrected chi connectivity index (χ0v) is 18.0. The van der Waals surface area contributed by atoms with Crippen molar-refractivity contribution in [2.45, 2.75) is 38.5 Å². The number of rotatable bonds is 7. The maximum absolute atomic E-state index is 11.0. The second-order valence-electron chi connectivity index (χ2n) is 8.38. The quantitative estimate of drug-likeness (QED) is 0.396. The maximum Gasteiger partial charge on any atom is 0.303 e. The van der Waals surface area contributed by atoms with Crippen LogP contribution in [-0.2, 0) is 17.6 Å². The number of fused-ring (bicyclic) bond motifs is 2. The van der Waals surface area contributed by atoms with Crippen LogP contribution in [0.1, 0.15) is 41.3 Å². The number of carboxylic acids is 1. The Kier molecular flexibility index (Phi) is 5.39. The Morgan fingerprint density at radius 3 is 2.81 bits per heavy atom. The zero-order valence-electron chi connectivity index (χ0n) is 18.0. The van der Waals surface area contributed by atoms with Gasteiger partial charge in [-0.1, -0.05) is 36.4 Å². The molecular formula is C27H25NO4. The molecule has 0 saturated carbocycles. The summed E-state index contributed by atoms with van der Waals surface area (Å²) in [6, 6.07) is 20.5. The Hall–Kier alpha value is -3.60. The van der Waals surface area contributed by atoms with Gasteiger partial charge in [-0.05, 0) is 71.8 Å². The highest BCUT2D eigenvalue weighted by Crippen LogP contribution is 2.37. The van der Waals surface area contributed by atoms with E-state index in [-0.39, 0.29) is 12.3 Å². The topological polar surface area (TPSA) is 72.6 Å². The van der Waals surface area contributed by atoms with Crippen molar-refractivity contribution in [3.8, 4) is 17.2 Å². The third-order valence-electron chi connectivity index (χ3n) is 6.23. The van der Waals surface area contributed by atoms with E-state index < -0.39 is 5.97 Å². The highest BCUT2D eigenvalue weighted by Gasteiger charge is 2.25. The molecule has 5 heteroatoms. The van der Waals surface area contributed by atoms with Gasteiger partial charge < -0.3 is 14.3 Å². The van der Waals surface area contributed by atoms with Crippen molar-refractivity contribution < 1.29 is 19.1 Å². The van der Waals surface area contributed by atoms with Crippen molar-refractivity contribution in [1.29, 1.82) is 0 Å².